The van der Waals surface area contributed by atoms with Crippen LogP contribution in [0.1, 0.15) is 5.56 Å². The number of ether oxygens (including phenoxy) is 2. The number of aromatic nitrogens is 2. The van der Waals surface area contributed by atoms with Crippen LogP contribution >= 0.6 is 11.6 Å². The summed E-state index contributed by atoms with van der Waals surface area (Å²) in [5.74, 6) is 1.44. The third kappa shape index (κ3) is 4.08. The van der Waals surface area contributed by atoms with Crippen molar-refractivity contribution in [2.45, 2.75) is 0 Å². The molecule has 0 saturated carbocycles. The Kier molecular flexibility index (Phi) is 5.60. The molecular formula is C23H18ClN3O4. The van der Waals surface area contributed by atoms with Crippen molar-refractivity contribution >= 4 is 28.7 Å². The fraction of sp³-hybridized carbons (Fsp3) is 0.0870. The van der Waals surface area contributed by atoms with Gasteiger partial charge in [-0.2, -0.15) is 9.78 Å². The number of nitrogens with zero attached hydrogens (tertiary/aromatic N) is 3. The molecule has 4 rings (SSSR count). The quantitative estimate of drug-likeness (QED) is 0.472. The highest BCUT2D eigenvalue weighted by Gasteiger charge is 2.15. The normalized spacial score (nSPS) is 11.2. The number of hydrogen-bond donors (Lipinski definition) is 1. The SMILES string of the molecule is COc1ccc(-c2nc3cc(Cl)ccc3c(=O)n2N=Cc2cccc(O)c2)cc1OC. The van der Waals surface area contributed by atoms with Crippen LogP contribution in [-0.2, 0) is 0 Å². The van der Waals surface area contributed by atoms with Crippen LogP contribution in [0, 0.1) is 0 Å². The minimum absolute atomic E-state index is 0.0997. The van der Waals surface area contributed by atoms with Crippen molar-refractivity contribution in [1.29, 1.82) is 0 Å². The molecule has 0 fully saturated rings. The lowest BCUT2D eigenvalue weighted by Crippen LogP contribution is -2.20. The molecule has 8 heteroatoms. The average Bonchev–Trinajstić information content (AvgIpc) is 2.77. The highest BCUT2D eigenvalue weighted by molar-refractivity contribution is 6.31. The largest absolute Gasteiger partial charge is 0.508 e. The summed E-state index contributed by atoms with van der Waals surface area (Å²) in [7, 11) is 3.08. The second-order valence-electron chi connectivity index (χ2n) is 6.62. The molecule has 156 valence electrons. The molecule has 0 aliphatic rings. The first-order valence-corrected chi connectivity index (χ1v) is 9.66. The van der Waals surface area contributed by atoms with E-state index in [-0.39, 0.29) is 11.3 Å². The third-order valence-corrected chi connectivity index (χ3v) is 4.88. The number of aromatic hydroxyl groups is 1. The van der Waals surface area contributed by atoms with E-state index in [1.165, 1.54) is 18.0 Å². The smallest absolute Gasteiger partial charge is 0.282 e. The van der Waals surface area contributed by atoms with Crippen molar-refractivity contribution in [2.75, 3.05) is 14.2 Å². The summed E-state index contributed by atoms with van der Waals surface area (Å²) >= 11 is 6.11. The van der Waals surface area contributed by atoms with Gasteiger partial charge in [0.1, 0.15) is 5.75 Å². The van der Waals surface area contributed by atoms with E-state index in [1.807, 2.05) is 0 Å². The Bertz CT molecular complexity index is 1370. The molecule has 0 radical (unpaired) electrons. The zero-order valence-corrected chi connectivity index (χ0v) is 17.5. The number of fused-ring (bicyclic) bond motifs is 1. The maximum atomic E-state index is 13.3. The summed E-state index contributed by atoms with van der Waals surface area (Å²) in [5.41, 5.74) is 1.32. The van der Waals surface area contributed by atoms with E-state index >= 15 is 0 Å². The monoisotopic (exact) mass is 435 g/mol. The summed E-state index contributed by atoms with van der Waals surface area (Å²) in [4.78, 5) is 17.9. The third-order valence-electron chi connectivity index (χ3n) is 4.64. The second-order valence-corrected chi connectivity index (χ2v) is 7.06. The van der Waals surface area contributed by atoms with Crippen molar-refractivity contribution in [3.8, 4) is 28.6 Å². The van der Waals surface area contributed by atoms with Crippen molar-refractivity contribution < 1.29 is 14.6 Å². The Morgan fingerprint density at radius 1 is 1.03 bits per heavy atom. The molecule has 0 amide bonds. The summed E-state index contributed by atoms with van der Waals surface area (Å²) < 4.78 is 11.9. The number of phenols is 1. The van der Waals surface area contributed by atoms with Crippen molar-refractivity contribution in [2.24, 2.45) is 5.10 Å². The van der Waals surface area contributed by atoms with Crippen molar-refractivity contribution in [3.63, 3.8) is 0 Å². The van der Waals surface area contributed by atoms with Crippen LogP contribution in [0.2, 0.25) is 5.02 Å². The minimum Gasteiger partial charge on any atom is -0.508 e. The van der Waals surface area contributed by atoms with Gasteiger partial charge in [-0.15, -0.1) is 0 Å². The van der Waals surface area contributed by atoms with Gasteiger partial charge < -0.3 is 14.6 Å². The number of halogens is 1. The summed E-state index contributed by atoms with van der Waals surface area (Å²) in [6.45, 7) is 0. The molecule has 0 aliphatic carbocycles. The Morgan fingerprint density at radius 3 is 2.58 bits per heavy atom. The standard InChI is InChI=1S/C23H18ClN3O4/c1-30-20-9-6-15(11-21(20)31-2)22-26-19-12-16(24)7-8-18(19)23(29)27(22)25-13-14-4-3-5-17(28)10-14/h3-13,28H,1-2H3. The van der Waals surface area contributed by atoms with Gasteiger partial charge in [-0.1, -0.05) is 23.7 Å². The van der Waals surface area contributed by atoms with E-state index in [0.29, 0.717) is 44.4 Å². The molecule has 0 saturated heterocycles. The lowest BCUT2D eigenvalue weighted by Gasteiger charge is -2.12. The highest BCUT2D eigenvalue weighted by atomic mass is 35.5. The van der Waals surface area contributed by atoms with Gasteiger partial charge in [0.25, 0.3) is 5.56 Å². The molecule has 1 N–H and O–H groups in total. The van der Waals surface area contributed by atoms with E-state index in [2.05, 4.69) is 10.1 Å². The molecule has 0 spiro atoms. The van der Waals surface area contributed by atoms with Crippen LogP contribution in [-0.4, -0.2) is 35.2 Å². The second kappa shape index (κ2) is 8.49. The summed E-state index contributed by atoms with van der Waals surface area (Å²) in [5, 5.41) is 14.9. The molecule has 1 heterocycles. The lowest BCUT2D eigenvalue weighted by molar-refractivity contribution is 0.355. The van der Waals surface area contributed by atoms with Gasteiger partial charge in [-0.05, 0) is 54.1 Å². The highest BCUT2D eigenvalue weighted by Crippen LogP contribution is 2.32. The van der Waals surface area contributed by atoms with E-state index in [0.717, 1.165) is 0 Å². The van der Waals surface area contributed by atoms with Crippen LogP contribution in [0.5, 0.6) is 17.2 Å². The predicted octanol–water partition coefficient (Wildman–Crippen LogP) is 4.32. The first-order chi connectivity index (χ1) is 15.0. The van der Waals surface area contributed by atoms with Crippen LogP contribution in [0.4, 0.5) is 0 Å². The number of methoxy groups -OCH3 is 2. The maximum Gasteiger partial charge on any atom is 0.282 e. The van der Waals surface area contributed by atoms with Crippen LogP contribution in [0.25, 0.3) is 22.3 Å². The van der Waals surface area contributed by atoms with E-state index in [4.69, 9.17) is 21.1 Å². The molecule has 0 bridgehead atoms. The number of hydrogen-bond acceptors (Lipinski definition) is 6. The molecular weight excluding hydrogens is 418 g/mol. The lowest BCUT2D eigenvalue weighted by atomic mass is 10.1. The van der Waals surface area contributed by atoms with Gasteiger partial charge >= 0.3 is 0 Å². The molecule has 3 aromatic carbocycles. The Hall–Kier alpha value is -3.84. The van der Waals surface area contributed by atoms with Crippen LogP contribution in [0.15, 0.2) is 70.6 Å². The van der Waals surface area contributed by atoms with Gasteiger partial charge in [0.2, 0.25) is 0 Å². The fourth-order valence-electron chi connectivity index (χ4n) is 3.15. The predicted molar refractivity (Wildman–Crippen MR) is 121 cm³/mol. The van der Waals surface area contributed by atoms with Gasteiger partial charge in [-0.3, -0.25) is 4.79 Å². The van der Waals surface area contributed by atoms with Crippen LogP contribution < -0.4 is 15.0 Å². The Balaban J connectivity index is 1.96. The van der Waals surface area contributed by atoms with Gasteiger partial charge in [0.05, 0.1) is 31.3 Å². The van der Waals surface area contributed by atoms with Gasteiger partial charge in [-0.25, -0.2) is 4.98 Å². The topological polar surface area (TPSA) is 85.9 Å². The van der Waals surface area contributed by atoms with E-state index in [9.17, 15) is 9.90 Å². The van der Waals surface area contributed by atoms with Crippen LogP contribution in [0.3, 0.4) is 0 Å². The molecule has 4 aromatic rings. The van der Waals surface area contributed by atoms with E-state index < -0.39 is 0 Å². The Morgan fingerprint density at radius 2 is 1.84 bits per heavy atom. The molecule has 31 heavy (non-hydrogen) atoms. The zero-order valence-electron chi connectivity index (χ0n) is 16.7. The van der Waals surface area contributed by atoms with Crippen molar-refractivity contribution in [3.05, 3.63) is 81.6 Å². The summed E-state index contributed by atoms with van der Waals surface area (Å²) in [6, 6.07) is 16.6. The van der Waals surface area contributed by atoms with E-state index in [1.54, 1.807) is 67.8 Å². The average molecular weight is 436 g/mol. The molecule has 0 atom stereocenters. The maximum absolute atomic E-state index is 13.3. The minimum atomic E-state index is -0.358. The first kappa shape index (κ1) is 20.4. The number of phenolic OH excluding ortho intramolecular Hbond substituents is 1. The fourth-order valence-corrected chi connectivity index (χ4v) is 3.31. The molecule has 1 aromatic heterocycles. The molecule has 0 unspecified atom stereocenters. The van der Waals surface area contributed by atoms with Gasteiger partial charge in [0, 0.05) is 10.6 Å². The van der Waals surface area contributed by atoms with Gasteiger partial charge in [0.15, 0.2) is 17.3 Å². The number of benzene rings is 3. The first-order valence-electron chi connectivity index (χ1n) is 9.28. The molecule has 0 aliphatic heterocycles. The zero-order chi connectivity index (χ0) is 22.0. The number of rotatable bonds is 5. The molecule has 7 nitrogen and oxygen atoms in total. The summed E-state index contributed by atoms with van der Waals surface area (Å²) in [6.07, 6.45) is 1.48. The Labute approximate surface area is 182 Å². The van der Waals surface area contributed by atoms with Crippen molar-refractivity contribution in [1.82, 2.24) is 9.66 Å².